The minimum atomic E-state index is 0.654. The Kier molecular flexibility index (Phi) is 6.07. The van der Waals surface area contributed by atoms with Crippen molar-refractivity contribution in [3.63, 3.8) is 0 Å². The molecule has 3 aromatic carbocycles. The average Bonchev–Trinajstić information content (AvgIpc) is 3.17. The summed E-state index contributed by atoms with van der Waals surface area (Å²) in [5, 5.41) is 9.71. The first-order chi connectivity index (χ1) is 14.3. The van der Waals surface area contributed by atoms with E-state index in [1.54, 1.807) is 11.8 Å². The first kappa shape index (κ1) is 19.0. The van der Waals surface area contributed by atoms with Crippen molar-refractivity contribution < 1.29 is 4.74 Å². The molecule has 0 aliphatic rings. The van der Waals surface area contributed by atoms with Crippen molar-refractivity contribution in [3.8, 4) is 22.9 Å². The Balaban J connectivity index is 1.55. The number of aromatic nitrogens is 3. The van der Waals surface area contributed by atoms with Gasteiger partial charge in [-0.2, -0.15) is 0 Å². The summed E-state index contributed by atoms with van der Waals surface area (Å²) in [4.78, 5) is 0. The van der Waals surface area contributed by atoms with Crippen molar-refractivity contribution >= 4 is 11.8 Å². The van der Waals surface area contributed by atoms with Crippen LogP contribution < -0.4 is 4.74 Å². The second kappa shape index (κ2) is 9.26. The van der Waals surface area contributed by atoms with Gasteiger partial charge in [0.25, 0.3) is 0 Å². The number of nitrogens with zero attached hydrogens (tertiary/aromatic N) is 3. The molecule has 144 valence electrons. The minimum absolute atomic E-state index is 0.654. The van der Waals surface area contributed by atoms with Gasteiger partial charge in [-0.05, 0) is 18.2 Å². The molecular formula is C24H21N3OS. The second-order valence-corrected chi connectivity index (χ2v) is 7.33. The molecule has 0 radical (unpaired) electrons. The van der Waals surface area contributed by atoms with Crippen molar-refractivity contribution in [2.75, 3.05) is 0 Å². The largest absolute Gasteiger partial charge is 0.457 e. The van der Waals surface area contributed by atoms with Gasteiger partial charge in [-0.25, -0.2) is 0 Å². The fraction of sp³-hybridized carbons (Fsp3) is 0.0833. The Labute approximate surface area is 174 Å². The summed E-state index contributed by atoms with van der Waals surface area (Å²) in [6.07, 6.45) is 1.87. The van der Waals surface area contributed by atoms with Gasteiger partial charge in [0.05, 0.1) is 0 Å². The van der Waals surface area contributed by atoms with Gasteiger partial charge in [0.15, 0.2) is 11.0 Å². The first-order valence-corrected chi connectivity index (χ1v) is 10.4. The van der Waals surface area contributed by atoms with E-state index in [-0.39, 0.29) is 0 Å². The molecule has 4 nitrogen and oxygen atoms in total. The Morgan fingerprint density at radius 2 is 1.55 bits per heavy atom. The highest BCUT2D eigenvalue weighted by atomic mass is 32.2. The quantitative estimate of drug-likeness (QED) is 0.261. The highest BCUT2D eigenvalue weighted by molar-refractivity contribution is 7.98. The summed E-state index contributed by atoms with van der Waals surface area (Å²) in [7, 11) is 0. The summed E-state index contributed by atoms with van der Waals surface area (Å²) in [5.41, 5.74) is 2.15. The number of hydrogen-bond acceptors (Lipinski definition) is 4. The SMILES string of the molecule is C=CCn1c(SCc2ccccc2Oc2ccccc2)nnc1-c1ccccc1. The first-order valence-electron chi connectivity index (χ1n) is 9.38. The molecule has 0 saturated carbocycles. The minimum Gasteiger partial charge on any atom is -0.457 e. The topological polar surface area (TPSA) is 39.9 Å². The van der Waals surface area contributed by atoms with Gasteiger partial charge in [-0.3, -0.25) is 4.57 Å². The van der Waals surface area contributed by atoms with Crippen LogP contribution in [0.5, 0.6) is 11.5 Å². The molecule has 0 aliphatic heterocycles. The molecule has 0 atom stereocenters. The second-order valence-electron chi connectivity index (χ2n) is 6.38. The number of thioether (sulfide) groups is 1. The maximum Gasteiger partial charge on any atom is 0.192 e. The van der Waals surface area contributed by atoms with Crippen LogP contribution >= 0.6 is 11.8 Å². The maximum absolute atomic E-state index is 6.08. The molecule has 1 aromatic heterocycles. The van der Waals surface area contributed by atoms with Crippen molar-refractivity contribution in [1.82, 2.24) is 14.8 Å². The molecule has 4 aromatic rings. The Hall–Kier alpha value is -3.31. The summed E-state index contributed by atoms with van der Waals surface area (Å²) < 4.78 is 8.17. The number of ether oxygens (including phenoxy) is 1. The van der Waals surface area contributed by atoms with Gasteiger partial charge >= 0.3 is 0 Å². The van der Waals surface area contributed by atoms with Crippen molar-refractivity contribution in [2.24, 2.45) is 0 Å². The van der Waals surface area contributed by atoms with E-state index in [0.29, 0.717) is 6.54 Å². The van der Waals surface area contributed by atoms with E-state index < -0.39 is 0 Å². The molecule has 0 amide bonds. The lowest BCUT2D eigenvalue weighted by Gasteiger charge is -2.11. The highest BCUT2D eigenvalue weighted by Gasteiger charge is 2.14. The zero-order valence-corrected chi connectivity index (χ0v) is 16.8. The summed E-state index contributed by atoms with van der Waals surface area (Å²) in [6.45, 7) is 4.54. The molecule has 0 N–H and O–H groups in total. The molecule has 0 unspecified atom stereocenters. The zero-order chi connectivity index (χ0) is 19.9. The molecule has 0 bridgehead atoms. The van der Waals surface area contributed by atoms with Crippen LogP contribution in [0.25, 0.3) is 11.4 Å². The lowest BCUT2D eigenvalue weighted by Crippen LogP contribution is -2.00. The molecule has 0 spiro atoms. The lowest BCUT2D eigenvalue weighted by atomic mass is 10.2. The van der Waals surface area contributed by atoms with E-state index in [1.807, 2.05) is 84.9 Å². The van der Waals surface area contributed by atoms with Gasteiger partial charge in [-0.1, -0.05) is 84.6 Å². The molecular weight excluding hydrogens is 378 g/mol. The number of hydrogen-bond donors (Lipinski definition) is 0. The van der Waals surface area contributed by atoms with Crippen LogP contribution in [0.2, 0.25) is 0 Å². The van der Waals surface area contributed by atoms with E-state index in [1.165, 1.54) is 0 Å². The van der Waals surface area contributed by atoms with Gasteiger partial charge in [-0.15, -0.1) is 16.8 Å². The Morgan fingerprint density at radius 3 is 2.31 bits per heavy atom. The monoisotopic (exact) mass is 399 g/mol. The van der Waals surface area contributed by atoms with Crippen LogP contribution in [-0.4, -0.2) is 14.8 Å². The third-order valence-electron chi connectivity index (χ3n) is 4.36. The van der Waals surface area contributed by atoms with E-state index in [2.05, 4.69) is 27.4 Å². The third-order valence-corrected chi connectivity index (χ3v) is 5.38. The van der Waals surface area contributed by atoms with Crippen molar-refractivity contribution in [2.45, 2.75) is 17.5 Å². The third kappa shape index (κ3) is 4.58. The normalized spacial score (nSPS) is 10.6. The van der Waals surface area contributed by atoms with E-state index in [0.717, 1.165) is 39.4 Å². The highest BCUT2D eigenvalue weighted by Crippen LogP contribution is 2.31. The summed E-state index contributed by atoms with van der Waals surface area (Å²) in [6, 6.07) is 28.0. The molecule has 0 saturated heterocycles. The van der Waals surface area contributed by atoms with Gasteiger partial charge in [0, 0.05) is 23.4 Å². The molecule has 4 rings (SSSR count). The summed E-state index contributed by atoms with van der Waals surface area (Å²) >= 11 is 1.64. The number of allylic oxidation sites excluding steroid dienone is 1. The fourth-order valence-electron chi connectivity index (χ4n) is 2.97. The lowest BCUT2D eigenvalue weighted by molar-refractivity contribution is 0.478. The van der Waals surface area contributed by atoms with Crippen LogP contribution in [0.1, 0.15) is 5.56 Å². The number of para-hydroxylation sites is 2. The van der Waals surface area contributed by atoms with E-state index in [9.17, 15) is 0 Å². The van der Waals surface area contributed by atoms with Crippen LogP contribution in [-0.2, 0) is 12.3 Å². The zero-order valence-electron chi connectivity index (χ0n) is 15.9. The van der Waals surface area contributed by atoms with Crippen molar-refractivity contribution in [1.29, 1.82) is 0 Å². The van der Waals surface area contributed by atoms with Crippen LogP contribution in [0.15, 0.2) is 103 Å². The molecule has 1 heterocycles. The van der Waals surface area contributed by atoms with Gasteiger partial charge in [0.2, 0.25) is 0 Å². The maximum atomic E-state index is 6.08. The molecule has 29 heavy (non-hydrogen) atoms. The van der Waals surface area contributed by atoms with Crippen LogP contribution in [0, 0.1) is 0 Å². The van der Waals surface area contributed by atoms with Crippen molar-refractivity contribution in [3.05, 3.63) is 103 Å². The number of rotatable bonds is 8. The molecule has 0 aliphatic carbocycles. The smallest absolute Gasteiger partial charge is 0.192 e. The van der Waals surface area contributed by atoms with E-state index in [4.69, 9.17) is 4.74 Å². The van der Waals surface area contributed by atoms with Gasteiger partial charge in [0.1, 0.15) is 11.5 Å². The van der Waals surface area contributed by atoms with Crippen LogP contribution in [0.4, 0.5) is 0 Å². The molecule has 0 fully saturated rings. The standard InChI is InChI=1S/C24H21N3OS/c1-2-17-27-23(19-11-5-3-6-12-19)25-26-24(27)29-18-20-13-9-10-16-22(20)28-21-14-7-4-8-15-21/h2-16H,1,17-18H2. The predicted octanol–water partition coefficient (Wildman–Crippen LogP) is 6.22. The predicted molar refractivity (Wildman–Crippen MR) is 118 cm³/mol. The van der Waals surface area contributed by atoms with Gasteiger partial charge < -0.3 is 4.74 Å². The Morgan fingerprint density at radius 1 is 0.862 bits per heavy atom. The summed E-state index contributed by atoms with van der Waals surface area (Å²) in [5.74, 6) is 3.25. The average molecular weight is 400 g/mol. The molecule has 5 heteroatoms. The fourth-order valence-corrected chi connectivity index (χ4v) is 3.91. The van der Waals surface area contributed by atoms with E-state index >= 15 is 0 Å². The number of benzene rings is 3. The Bertz CT molecular complexity index is 1080. The van der Waals surface area contributed by atoms with Crippen LogP contribution in [0.3, 0.4) is 0 Å².